The third-order valence-corrected chi connectivity index (χ3v) is 1.25. The van der Waals surface area contributed by atoms with E-state index in [1.54, 1.807) is 12.3 Å². The van der Waals surface area contributed by atoms with Crippen molar-refractivity contribution in [3.05, 3.63) is 24.2 Å². The highest BCUT2D eigenvalue weighted by Gasteiger charge is 2.04. The number of nitriles is 1. The molecule has 0 unspecified atom stereocenters. The Morgan fingerprint density at radius 1 is 1.80 bits per heavy atom. The molecule has 10 heavy (non-hydrogen) atoms. The van der Waals surface area contributed by atoms with E-state index >= 15 is 0 Å². The largest absolute Gasteiger partial charge is 0.467 e. The molecule has 0 spiro atoms. The molecule has 1 atom stereocenters. The van der Waals surface area contributed by atoms with Crippen molar-refractivity contribution in [1.82, 2.24) is 5.32 Å². The van der Waals surface area contributed by atoms with Gasteiger partial charge in [-0.2, -0.15) is 5.26 Å². The van der Waals surface area contributed by atoms with Gasteiger partial charge in [-0.25, -0.2) is 0 Å². The van der Waals surface area contributed by atoms with Crippen LogP contribution >= 0.6 is 0 Å². The zero-order valence-electron chi connectivity index (χ0n) is 5.66. The van der Waals surface area contributed by atoms with Crippen molar-refractivity contribution >= 4 is 0 Å². The summed E-state index contributed by atoms with van der Waals surface area (Å²) in [4.78, 5) is 0. The van der Waals surface area contributed by atoms with Crippen molar-refractivity contribution in [3.8, 4) is 6.19 Å². The van der Waals surface area contributed by atoms with E-state index in [0.29, 0.717) is 0 Å². The SMILES string of the molecule is C[C@@H](NC#N)c1ccco1. The quantitative estimate of drug-likeness (QED) is 0.494. The van der Waals surface area contributed by atoms with E-state index in [2.05, 4.69) is 5.32 Å². The molecule has 1 aromatic rings. The molecule has 1 aromatic heterocycles. The van der Waals surface area contributed by atoms with Crippen LogP contribution in [0.2, 0.25) is 0 Å². The van der Waals surface area contributed by atoms with Gasteiger partial charge in [-0.3, -0.25) is 0 Å². The van der Waals surface area contributed by atoms with Gasteiger partial charge in [0.1, 0.15) is 5.76 Å². The molecule has 0 aliphatic heterocycles. The Bertz CT molecular complexity index is 222. The molecule has 0 aliphatic carbocycles. The maximum atomic E-state index is 8.23. The standard InChI is InChI=1S/C7H8N2O/c1-6(9-5-8)7-3-2-4-10-7/h2-4,6,9H,1H3/t6-/m1/s1. The van der Waals surface area contributed by atoms with E-state index in [0.717, 1.165) is 5.76 Å². The van der Waals surface area contributed by atoms with Crippen molar-refractivity contribution in [1.29, 1.82) is 5.26 Å². The molecule has 0 radical (unpaired) electrons. The molecular formula is C7H8N2O. The van der Waals surface area contributed by atoms with Gasteiger partial charge < -0.3 is 9.73 Å². The smallest absolute Gasteiger partial charge is 0.177 e. The van der Waals surface area contributed by atoms with Crippen molar-refractivity contribution in [2.45, 2.75) is 13.0 Å². The average Bonchev–Trinajstić information content (AvgIpc) is 2.38. The summed E-state index contributed by atoms with van der Waals surface area (Å²) >= 11 is 0. The van der Waals surface area contributed by atoms with Crippen molar-refractivity contribution < 1.29 is 4.42 Å². The van der Waals surface area contributed by atoms with Gasteiger partial charge in [0.05, 0.1) is 12.3 Å². The van der Waals surface area contributed by atoms with Gasteiger partial charge in [0.25, 0.3) is 0 Å². The third-order valence-electron chi connectivity index (χ3n) is 1.25. The maximum Gasteiger partial charge on any atom is 0.177 e. The minimum Gasteiger partial charge on any atom is -0.467 e. The predicted molar refractivity (Wildman–Crippen MR) is 35.9 cm³/mol. The van der Waals surface area contributed by atoms with Crippen LogP contribution in [0.3, 0.4) is 0 Å². The number of nitrogens with one attached hydrogen (secondary N) is 1. The summed E-state index contributed by atoms with van der Waals surface area (Å²) in [6.07, 6.45) is 3.43. The Balaban J connectivity index is 2.61. The van der Waals surface area contributed by atoms with Gasteiger partial charge in [-0.05, 0) is 19.1 Å². The predicted octanol–water partition coefficient (Wildman–Crippen LogP) is 1.41. The number of rotatable bonds is 2. The van der Waals surface area contributed by atoms with E-state index in [-0.39, 0.29) is 6.04 Å². The van der Waals surface area contributed by atoms with Crippen LogP contribution in [-0.4, -0.2) is 0 Å². The molecule has 0 fully saturated rings. The molecule has 1 rings (SSSR count). The monoisotopic (exact) mass is 136 g/mol. The molecule has 3 nitrogen and oxygen atoms in total. The van der Waals surface area contributed by atoms with Gasteiger partial charge in [-0.15, -0.1) is 0 Å². The lowest BCUT2D eigenvalue weighted by Crippen LogP contribution is -2.10. The summed E-state index contributed by atoms with van der Waals surface area (Å²) in [7, 11) is 0. The Labute approximate surface area is 59.3 Å². The first-order chi connectivity index (χ1) is 4.84. The highest BCUT2D eigenvalue weighted by Crippen LogP contribution is 2.10. The van der Waals surface area contributed by atoms with Gasteiger partial charge in [0.2, 0.25) is 0 Å². The van der Waals surface area contributed by atoms with Crippen LogP contribution in [0, 0.1) is 11.5 Å². The first-order valence-corrected chi connectivity index (χ1v) is 3.02. The summed E-state index contributed by atoms with van der Waals surface area (Å²) < 4.78 is 5.03. The Hall–Kier alpha value is -1.43. The lowest BCUT2D eigenvalue weighted by Gasteiger charge is -2.02. The number of hydrogen-bond acceptors (Lipinski definition) is 3. The van der Waals surface area contributed by atoms with Crippen LogP contribution < -0.4 is 5.32 Å². The van der Waals surface area contributed by atoms with Crippen LogP contribution in [0.5, 0.6) is 0 Å². The fourth-order valence-corrected chi connectivity index (χ4v) is 0.706. The average molecular weight is 136 g/mol. The van der Waals surface area contributed by atoms with Gasteiger partial charge in [-0.1, -0.05) is 0 Å². The lowest BCUT2D eigenvalue weighted by atomic mass is 10.3. The summed E-state index contributed by atoms with van der Waals surface area (Å²) in [5.74, 6) is 0.779. The summed E-state index contributed by atoms with van der Waals surface area (Å²) in [6, 6.07) is 3.60. The van der Waals surface area contributed by atoms with Crippen molar-refractivity contribution in [3.63, 3.8) is 0 Å². The second-order valence-electron chi connectivity index (χ2n) is 1.99. The molecule has 0 saturated heterocycles. The van der Waals surface area contributed by atoms with Crippen LogP contribution in [0.1, 0.15) is 18.7 Å². The molecular weight excluding hydrogens is 128 g/mol. The maximum absolute atomic E-state index is 8.23. The summed E-state index contributed by atoms with van der Waals surface area (Å²) in [6.45, 7) is 1.86. The lowest BCUT2D eigenvalue weighted by molar-refractivity contribution is 0.459. The van der Waals surface area contributed by atoms with E-state index < -0.39 is 0 Å². The first-order valence-electron chi connectivity index (χ1n) is 3.02. The molecule has 3 heteroatoms. The number of furan rings is 1. The Morgan fingerprint density at radius 3 is 3.10 bits per heavy atom. The van der Waals surface area contributed by atoms with E-state index in [4.69, 9.17) is 9.68 Å². The minimum absolute atomic E-state index is 0.0278. The van der Waals surface area contributed by atoms with Gasteiger partial charge in [0, 0.05) is 0 Å². The van der Waals surface area contributed by atoms with Gasteiger partial charge in [0.15, 0.2) is 6.19 Å². The number of nitrogens with zero attached hydrogens (tertiary/aromatic N) is 1. The molecule has 1 N–H and O–H groups in total. The minimum atomic E-state index is -0.0278. The normalized spacial score (nSPS) is 12.0. The topological polar surface area (TPSA) is 49.0 Å². The highest BCUT2D eigenvalue weighted by atomic mass is 16.3. The molecule has 1 heterocycles. The Kier molecular flexibility index (Phi) is 1.96. The van der Waals surface area contributed by atoms with Crippen LogP contribution in [0.25, 0.3) is 0 Å². The van der Waals surface area contributed by atoms with Crippen molar-refractivity contribution in [2.24, 2.45) is 0 Å². The van der Waals surface area contributed by atoms with Crippen LogP contribution in [-0.2, 0) is 0 Å². The van der Waals surface area contributed by atoms with Crippen molar-refractivity contribution in [2.75, 3.05) is 0 Å². The van der Waals surface area contributed by atoms with Crippen LogP contribution in [0.4, 0.5) is 0 Å². The van der Waals surface area contributed by atoms with E-state index in [1.165, 1.54) is 0 Å². The molecule has 0 saturated carbocycles. The fourth-order valence-electron chi connectivity index (χ4n) is 0.706. The zero-order valence-corrected chi connectivity index (χ0v) is 5.66. The zero-order chi connectivity index (χ0) is 7.40. The summed E-state index contributed by atoms with van der Waals surface area (Å²) in [5, 5.41) is 10.8. The third kappa shape index (κ3) is 1.29. The van der Waals surface area contributed by atoms with Crippen LogP contribution in [0.15, 0.2) is 22.8 Å². The van der Waals surface area contributed by atoms with E-state index in [1.807, 2.05) is 19.2 Å². The second kappa shape index (κ2) is 2.92. The molecule has 0 aromatic carbocycles. The summed E-state index contributed by atoms with van der Waals surface area (Å²) in [5.41, 5.74) is 0. The molecule has 52 valence electrons. The van der Waals surface area contributed by atoms with E-state index in [9.17, 15) is 0 Å². The molecule has 0 bridgehead atoms. The van der Waals surface area contributed by atoms with Gasteiger partial charge >= 0.3 is 0 Å². The second-order valence-corrected chi connectivity index (χ2v) is 1.99. The first kappa shape index (κ1) is 6.69. The Morgan fingerprint density at radius 2 is 2.60 bits per heavy atom. The molecule has 0 amide bonds. The highest BCUT2D eigenvalue weighted by molar-refractivity contribution is 5.04. The number of hydrogen-bond donors (Lipinski definition) is 1. The molecule has 0 aliphatic rings. The fraction of sp³-hybridized carbons (Fsp3) is 0.286.